The van der Waals surface area contributed by atoms with Crippen molar-refractivity contribution < 1.29 is 18.3 Å². The number of halogens is 3. The number of anilines is 1. The molecule has 0 saturated carbocycles. The first-order chi connectivity index (χ1) is 16.4. The lowest BCUT2D eigenvalue weighted by molar-refractivity contribution is -0.245. The molecular weight excluding hydrogens is 457 g/mol. The fourth-order valence-electron chi connectivity index (χ4n) is 3.73. The molecule has 7 nitrogen and oxygen atoms in total. The monoisotopic (exact) mass is 484 g/mol. The first-order valence-corrected chi connectivity index (χ1v) is 10.8. The van der Waals surface area contributed by atoms with Gasteiger partial charge in [0.1, 0.15) is 11.8 Å². The lowest BCUT2D eigenvalue weighted by Crippen LogP contribution is -2.49. The van der Waals surface area contributed by atoms with Gasteiger partial charge in [-0.05, 0) is 47.4 Å². The van der Waals surface area contributed by atoms with Gasteiger partial charge in [0, 0.05) is 31.4 Å². The van der Waals surface area contributed by atoms with Gasteiger partial charge < -0.3 is 20.7 Å². The fraction of sp³-hybridized carbons (Fsp3) is 0.280. The molecule has 0 bridgehead atoms. The van der Waals surface area contributed by atoms with Crippen LogP contribution >= 0.6 is 0 Å². The maximum Gasteiger partial charge on any atom is 0.422 e. The van der Waals surface area contributed by atoms with E-state index in [2.05, 4.69) is 11.1 Å². The van der Waals surface area contributed by atoms with E-state index in [4.69, 9.17) is 11.6 Å². The summed E-state index contributed by atoms with van der Waals surface area (Å²) in [5.74, 6) is 5.89. The Morgan fingerprint density at radius 3 is 2.49 bits per heavy atom. The van der Waals surface area contributed by atoms with Crippen molar-refractivity contribution in [3.05, 3.63) is 71.7 Å². The highest BCUT2D eigenvalue weighted by atomic mass is 19.4. The van der Waals surface area contributed by atoms with Gasteiger partial charge in [-0.1, -0.05) is 31.2 Å². The molecule has 10 heteroatoms. The topological polar surface area (TPSA) is 115 Å². The zero-order chi connectivity index (χ0) is 26.0. The van der Waals surface area contributed by atoms with Gasteiger partial charge in [0.15, 0.2) is 0 Å². The van der Waals surface area contributed by atoms with Gasteiger partial charge in [-0.15, -0.1) is 0 Å². The molecule has 1 unspecified atom stereocenters. The summed E-state index contributed by atoms with van der Waals surface area (Å²) in [7, 11) is 3.87. The molecule has 0 saturated heterocycles. The van der Waals surface area contributed by atoms with Crippen molar-refractivity contribution in [3.63, 3.8) is 0 Å². The highest BCUT2D eigenvalue weighted by molar-refractivity contribution is 5.95. The van der Waals surface area contributed by atoms with Crippen LogP contribution in [0, 0.1) is 11.3 Å². The van der Waals surface area contributed by atoms with Gasteiger partial charge >= 0.3 is 6.18 Å². The van der Waals surface area contributed by atoms with Gasteiger partial charge in [0.2, 0.25) is 5.60 Å². The third-order valence-electron chi connectivity index (χ3n) is 5.79. The minimum absolute atomic E-state index is 0.00179. The highest BCUT2D eigenvalue weighted by Crippen LogP contribution is 2.37. The van der Waals surface area contributed by atoms with E-state index >= 15 is 0 Å². The van der Waals surface area contributed by atoms with Crippen molar-refractivity contribution in [1.82, 2.24) is 9.99 Å². The molecule has 2 aromatic carbocycles. The normalized spacial score (nSPS) is 13.9. The molecule has 5 N–H and O–H groups in total. The van der Waals surface area contributed by atoms with Crippen LogP contribution in [0.25, 0.3) is 22.0 Å². The van der Waals surface area contributed by atoms with Crippen LogP contribution in [-0.2, 0) is 6.54 Å². The Morgan fingerprint density at radius 2 is 1.89 bits per heavy atom. The Hall–Kier alpha value is -3.81. The smallest absolute Gasteiger partial charge is 0.398 e. The van der Waals surface area contributed by atoms with E-state index in [1.54, 1.807) is 18.2 Å². The minimum Gasteiger partial charge on any atom is -0.398 e. The Labute approximate surface area is 201 Å². The zero-order valence-corrected chi connectivity index (χ0v) is 19.6. The number of benzene rings is 2. The summed E-state index contributed by atoms with van der Waals surface area (Å²) in [4.78, 5) is 6.37. The van der Waals surface area contributed by atoms with E-state index in [1.807, 2.05) is 49.3 Å². The number of nitriles is 1. The van der Waals surface area contributed by atoms with Gasteiger partial charge in [-0.3, -0.25) is 0 Å². The number of nitrogens with two attached hydrogens (primary N) is 2. The summed E-state index contributed by atoms with van der Waals surface area (Å²) in [6.07, 6.45) is -4.72. The molecule has 1 atom stereocenters. The van der Waals surface area contributed by atoms with Crippen LogP contribution in [-0.4, -0.2) is 41.0 Å². The first kappa shape index (κ1) is 25.8. The fourth-order valence-corrected chi connectivity index (χ4v) is 3.73. The summed E-state index contributed by atoms with van der Waals surface area (Å²) in [6.45, 7) is 1.18. The van der Waals surface area contributed by atoms with E-state index in [0.717, 1.165) is 33.4 Å². The lowest BCUT2D eigenvalue weighted by atomic mass is 9.96. The number of rotatable bonds is 7. The predicted molar refractivity (Wildman–Crippen MR) is 130 cm³/mol. The molecule has 0 spiro atoms. The van der Waals surface area contributed by atoms with E-state index in [0.29, 0.717) is 11.1 Å². The molecule has 3 rings (SSSR count). The number of fused-ring (bicyclic) bond motifs is 1. The Bertz CT molecular complexity index is 1300. The molecular formula is C25H27F3N6O. The van der Waals surface area contributed by atoms with Crippen LogP contribution in [0.3, 0.4) is 0 Å². The molecule has 0 radical (unpaired) electrons. The molecule has 184 valence electrons. The Kier molecular flexibility index (Phi) is 7.24. The van der Waals surface area contributed by atoms with Crippen molar-refractivity contribution >= 4 is 16.6 Å². The van der Waals surface area contributed by atoms with Crippen LogP contribution in [0.4, 0.5) is 18.9 Å². The molecule has 1 heterocycles. The third kappa shape index (κ3) is 5.31. The molecule has 0 amide bonds. The van der Waals surface area contributed by atoms with E-state index in [9.17, 15) is 23.5 Å². The van der Waals surface area contributed by atoms with Crippen molar-refractivity contribution in [2.75, 3.05) is 19.0 Å². The summed E-state index contributed by atoms with van der Waals surface area (Å²) in [5.41, 5.74) is 5.73. The maximum absolute atomic E-state index is 13.3. The molecule has 0 fully saturated rings. The number of hydrogen-bond acceptors (Lipinski definition) is 7. The lowest BCUT2D eigenvalue weighted by Gasteiger charge is -2.30. The van der Waals surface area contributed by atoms with Crippen LogP contribution in [0.15, 0.2) is 60.4 Å². The summed E-state index contributed by atoms with van der Waals surface area (Å²) in [6, 6.07) is 17.0. The van der Waals surface area contributed by atoms with Crippen molar-refractivity contribution in [2.45, 2.75) is 31.7 Å². The molecule has 0 aliphatic rings. The standard InChI is InChI=1S/C25H27F3N6O/c1-4-24(35,25(26,27)28)23(30)15-34(31)14-16-8-9-20-21(12-18(13-29)32-22(20)10-16)17-6-5-7-19(11-17)33(2)3/h5-12,15,35H,4,14,30-31H2,1-3H3/b23-15-. The number of alkyl halides is 3. The summed E-state index contributed by atoms with van der Waals surface area (Å²) in [5, 5.41) is 21.3. The maximum atomic E-state index is 13.3. The first-order valence-electron chi connectivity index (χ1n) is 10.8. The van der Waals surface area contributed by atoms with Crippen LogP contribution in [0.2, 0.25) is 0 Å². The number of aliphatic hydroxyl groups is 1. The number of nitrogens with zero attached hydrogens (tertiary/aromatic N) is 4. The molecule has 0 aliphatic carbocycles. The number of aromatic nitrogens is 1. The minimum atomic E-state index is -4.94. The van der Waals surface area contributed by atoms with Crippen LogP contribution < -0.4 is 16.5 Å². The van der Waals surface area contributed by atoms with E-state index < -0.39 is 23.9 Å². The molecule has 3 aromatic rings. The van der Waals surface area contributed by atoms with Gasteiger partial charge in [-0.2, -0.15) is 18.4 Å². The van der Waals surface area contributed by atoms with Crippen molar-refractivity contribution in [3.8, 4) is 17.2 Å². The van der Waals surface area contributed by atoms with Crippen LogP contribution in [0.1, 0.15) is 24.6 Å². The van der Waals surface area contributed by atoms with Gasteiger partial charge in [-0.25, -0.2) is 10.8 Å². The van der Waals surface area contributed by atoms with Crippen LogP contribution in [0.5, 0.6) is 0 Å². The average molecular weight is 485 g/mol. The predicted octanol–water partition coefficient (Wildman–Crippen LogP) is 4.02. The number of hydrazine groups is 1. The van der Waals surface area contributed by atoms with Crippen molar-refractivity contribution in [1.29, 1.82) is 5.26 Å². The second kappa shape index (κ2) is 9.82. The molecule has 1 aromatic heterocycles. The second-order valence-corrected chi connectivity index (χ2v) is 8.43. The summed E-state index contributed by atoms with van der Waals surface area (Å²) >= 11 is 0. The van der Waals surface area contributed by atoms with Gasteiger partial charge in [0.25, 0.3) is 0 Å². The zero-order valence-electron chi connectivity index (χ0n) is 19.6. The van der Waals surface area contributed by atoms with E-state index in [1.165, 1.54) is 6.92 Å². The molecule has 0 aliphatic heterocycles. The largest absolute Gasteiger partial charge is 0.422 e. The number of pyridine rings is 1. The third-order valence-corrected chi connectivity index (χ3v) is 5.79. The second-order valence-electron chi connectivity index (χ2n) is 8.43. The Balaban J connectivity index is 1.98. The SMILES string of the molecule is CCC(O)(/C(N)=C/N(N)Cc1ccc2c(-c3cccc(N(C)C)c3)cc(C#N)nc2c1)C(F)(F)F. The average Bonchev–Trinajstić information content (AvgIpc) is 2.81. The van der Waals surface area contributed by atoms with Gasteiger partial charge in [0.05, 0.1) is 17.8 Å². The quantitative estimate of drug-likeness (QED) is 0.343. The van der Waals surface area contributed by atoms with E-state index in [-0.39, 0.29) is 12.2 Å². The Morgan fingerprint density at radius 1 is 1.17 bits per heavy atom. The van der Waals surface area contributed by atoms with Crippen molar-refractivity contribution in [2.24, 2.45) is 11.6 Å². The number of hydrogen-bond donors (Lipinski definition) is 3. The summed E-state index contributed by atoms with van der Waals surface area (Å²) < 4.78 is 39.8. The highest BCUT2D eigenvalue weighted by Gasteiger charge is 2.54. The molecule has 35 heavy (non-hydrogen) atoms.